The lowest BCUT2D eigenvalue weighted by Gasteiger charge is -2.21. The van der Waals surface area contributed by atoms with E-state index in [2.05, 4.69) is 45.5 Å². The quantitative estimate of drug-likeness (QED) is 0.807. The number of hydrogen-bond acceptors (Lipinski definition) is 2. The zero-order valence-electron chi connectivity index (χ0n) is 9.82. The molecule has 17 heavy (non-hydrogen) atoms. The maximum atomic E-state index is 5.42. The van der Waals surface area contributed by atoms with Gasteiger partial charge in [0.1, 0.15) is 10.4 Å². The van der Waals surface area contributed by atoms with Gasteiger partial charge in [0, 0.05) is 24.8 Å². The van der Waals surface area contributed by atoms with Crippen molar-refractivity contribution in [2.24, 2.45) is 0 Å². The molecular weight excluding hydrogens is 280 g/mol. The SMILES string of the molecule is Cc1cccc2c(Br)nc(C3CCOCC3)n12. The first kappa shape index (κ1) is 11.2. The van der Waals surface area contributed by atoms with E-state index in [-0.39, 0.29) is 0 Å². The van der Waals surface area contributed by atoms with Crippen LogP contribution in [-0.4, -0.2) is 22.6 Å². The highest BCUT2D eigenvalue weighted by molar-refractivity contribution is 9.10. The van der Waals surface area contributed by atoms with Crippen LogP contribution in [0.3, 0.4) is 0 Å². The van der Waals surface area contributed by atoms with Crippen LogP contribution in [0.4, 0.5) is 0 Å². The van der Waals surface area contributed by atoms with Crippen LogP contribution >= 0.6 is 15.9 Å². The Morgan fingerprint density at radius 3 is 2.88 bits per heavy atom. The normalized spacial score (nSPS) is 17.8. The average Bonchev–Trinajstić information content (AvgIpc) is 2.70. The highest BCUT2D eigenvalue weighted by atomic mass is 79.9. The lowest BCUT2D eigenvalue weighted by Crippen LogP contribution is -2.16. The van der Waals surface area contributed by atoms with Crippen molar-refractivity contribution in [2.45, 2.75) is 25.7 Å². The molecule has 1 saturated heterocycles. The van der Waals surface area contributed by atoms with Crippen LogP contribution in [-0.2, 0) is 4.74 Å². The first-order valence-corrected chi connectivity index (χ1v) is 6.78. The molecule has 0 unspecified atom stereocenters. The van der Waals surface area contributed by atoms with Crippen LogP contribution in [0, 0.1) is 6.92 Å². The van der Waals surface area contributed by atoms with Crippen molar-refractivity contribution in [1.82, 2.24) is 9.38 Å². The molecule has 2 aromatic rings. The second-order valence-corrected chi connectivity index (χ2v) is 5.29. The average molecular weight is 295 g/mol. The Morgan fingerprint density at radius 1 is 1.35 bits per heavy atom. The van der Waals surface area contributed by atoms with E-state index in [1.54, 1.807) is 0 Å². The number of pyridine rings is 1. The fraction of sp³-hybridized carbons (Fsp3) is 0.462. The maximum Gasteiger partial charge on any atom is 0.132 e. The third kappa shape index (κ3) is 1.89. The molecule has 0 saturated carbocycles. The number of imidazole rings is 1. The first-order valence-electron chi connectivity index (χ1n) is 5.98. The molecule has 2 aromatic heterocycles. The summed E-state index contributed by atoms with van der Waals surface area (Å²) in [6, 6.07) is 6.31. The number of aryl methyl sites for hydroxylation is 1. The topological polar surface area (TPSA) is 26.5 Å². The standard InChI is InChI=1S/C13H15BrN2O/c1-9-3-2-4-11-12(14)15-13(16(9)11)10-5-7-17-8-6-10/h2-4,10H,5-8H2,1H3. The summed E-state index contributed by atoms with van der Waals surface area (Å²) in [5.41, 5.74) is 2.40. The summed E-state index contributed by atoms with van der Waals surface area (Å²) in [5.74, 6) is 1.69. The molecule has 0 aliphatic carbocycles. The van der Waals surface area contributed by atoms with E-state index in [1.165, 1.54) is 11.5 Å². The molecule has 0 spiro atoms. The molecule has 0 radical (unpaired) electrons. The Labute approximate surface area is 109 Å². The minimum atomic E-state index is 0.517. The van der Waals surface area contributed by atoms with Crippen LogP contribution in [0.5, 0.6) is 0 Å². The molecule has 0 bridgehead atoms. The second kappa shape index (κ2) is 4.42. The highest BCUT2D eigenvalue weighted by Gasteiger charge is 2.22. The zero-order chi connectivity index (χ0) is 11.8. The lowest BCUT2D eigenvalue weighted by molar-refractivity contribution is 0.0834. The van der Waals surface area contributed by atoms with Gasteiger partial charge < -0.3 is 4.74 Å². The Morgan fingerprint density at radius 2 is 2.12 bits per heavy atom. The van der Waals surface area contributed by atoms with Gasteiger partial charge in [0.05, 0.1) is 5.52 Å². The Hall–Kier alpha value is -0.870. The Bertz CT molecular complexity index is 544. The molecule has 0 atom stereocenters. The van der Waals surface area contributed by atoms with E-state index in [0.717, 1.165) is 36.2 Å². The maximum absolute atomic E-state index is 5.42. The summed E-state index contributed by atoms with van der Waals surface area (Å²) in [6.07, 6.45) is 2.14. The van der Waals surface area contributed by atoms with Crippen LogP contribution in [0.15, 0.2) is 22.8 Å². The summed E-state index contributed by atoms with van der Waals surface area (Å²) in [7, 11) is 0. The summed E-state index contributed by atoms with van der Waals surface area (Å²) >= 11 is 3.56. The molecule has 0 N–H and O–H groups in total. The molecule has 0 amide bonds. The van der Waals surface area contributed by atoms with Crippen molar-refractivity contribution in [3.8, 4) is 0 Å². The predicted molar refractivity (Wildman–Crippen MR) is 70.4 cm³/mol. The van der Waals surface area contributed by atoms with E-state index < -0.39 is 0 Å². The van der Waals surface area contributed by atoms with Gasteiger partial charge in [0.15, 0.2) is 0 Å². The molecule has 1 fully saturated rings. The van der Waals surface area contributed by atoms with Gasteiger partial charge in [-0.2, -0.15) is 0 Å². The number of hydrogen-bond donors (Lipinski definition) is 0. The molecule has 0 aromatic carbocycles. The second-order valence-electron chi connectivity index (χ2n) is 4.54. The monoisotopic (exact) mass is 294 g/mol. The van der Waals surface area contributed by atoms with Gasteiger partial charge in [-0.1, -0.05) is 6.07 Å². The van der Waals surface area contributed by atoms with Gasteiger partial charge >= 0.3 is 0 Å². The summed E-state index contributed by atoms with van der Waals surface area (Å²) in [4.78, 5) is 4.70. The van der Waals surface area contributed by atoms with Crippen molar-refractivity contribution in [3.63, 3.8) is 0 Å². The number of rotatable bonds is 1. The third-order valence-corrected chi connectivity index (χ3v) is 4.01. The number of halogens is 1. The molecule has 3 heterocycles. The Balaban J connectivity index is 2.15. The summed E-state index contributed by atoms with van der Waals surface area (Å²) < 4.78 is 8.63. The fourth-order valence-corrected chi connectivity index (χ4v) is 3.01. The molecule has 1 aliphatic rings. The van der Waals surface area contributed by atoms with Crippen LogP contribution < -0.4 is 0 Å². The predicted octanol–water partition coefficient (Wildman–Crippen LogP) is 3.30. The zero-order valence-corrected chi connectivity index (χ0v) is 11.4. The smallest absolute Gasteiger partial charge is 0.132 e. The van der Waals surface area contributed by atoms with Crippen molar-refractivity contribution in [3.05, 3.63) is 34.3 Å². The number of nitrogens with zero attached hydrogens (tertiary/aromatic N) is 2. The van der Waals surface area contributed by atoms with Gasteiger partial charge in [0.25, 0.3) is 0 Å². The summed E-state index contributed by atoms with van der Waals surface area (Å²) in [6.45, 7) is 3.83. The molecule has 90 valence electrons. The van der Waals surface area contributed by atoms with Crippen LogP contribution in [0.25, 0.3) is 5.52 Å². The van der Waals surface area contributed by atoms with E-state index in [9.17, 15) is 0 Å². The van der Waals surface area contributed by atoms with Crippen molar-refractivity contribution in [2.75, 3.05) is 13.2 Å². The third-order valence-electron chi connectivity index (χ3n) is 3.42. The molecular formula is C13H15BrN2O. The first-order chi connectivity index (χ1) is 8.27. The van der Waals surface area contributed by atoms with Crippen molar-refractivity contribution < 1.29 is 4.74 Å². The highest BCUT2D eigenvalue weighted by Crippen LogP contribution is 2.30. The van der Waals surface area contributed by atoms with Gasteiger partial charge in [-0.25, -0.2) is 4.98 Å². The van der Waals surface area contributed by atoms with Crippen LogP contribution in [0.1, 0.15) is 30.3 Å². The van der Waals surface area contributed by atoms with Gasteiger partial charge in [0.2, 0.25) is 0 Å². The van der Waals surface area contributed by atoms with Gasteiger partial charge in [-0.3, -0.25) is 4.40 Å². The molecule has 3 nitrogen and oxygen atoms in total. The largest absolute Gasteiger partial charge is 0.381 e. The van der Waals surface area contributed by atoms with E-state index >= 15 is 0 Å². The lowest BCUT2D eigenvalue weighted by atomic mass is 9.99. The fourth-order valence-electron chi connectivity index (χ4n) is 2.52. The van der Waals surface area contributed by atoms with Gasteiger partial charge in [-0.15, -0.1) is 0 Å². The minimum absolute atomic E-state index is 0.517. The van der Waals surface area contributed by atoms with Crippen molar-refractivity contribution in [1.29, 1.82) is 0 Å². The van der Waals surface area contributed by atoms with E-state index in [0.29, 0.717) is 5.92 Å². The summed E-state index contributed by atoms with van der Waals surface area (Å²) in [5, 5.41) is 0. The molecule has 3 rings (SSSR count). The number of ether oxygens (including phenoxy) is 1. The van der Waals surface area contributed by atoms with Gasteiger partial charge in [-0.05, 0) is 47.8 Å². The molecule has 4 heteroatoms. The molecule has 1 aliphatic heterocycles. The van der Waals surface area contributed by atoms with Crippen molar-refractivity contribution >= 4 is 21.4 Å². The number of fused-ring (bicyclic) bond motifs is 1. The number of aromatic nitrogens is 2. The minimum Gasteiger partial charge on any atom is -0.381 e. The van der Waals surface area contributed by atoms with Crippen LogP contribution in [0.2, 0.25) is 0 Å². The Kier molecular flexibility index (Phi) is 2.92. The van der Waals surface area contributed by atoms with E-state index in [1.807, 2.05) is 0 Å². The van der Waals surface area contributed by atoms with E-state index in [4.69, 9.17) is 9.72 Å².